The number of para-hydroxylation sites is 1. The van der Waals surface area contributed by atoms with E-state index < -0.39 is 9.84 Å². The number of sulfone groups is 1. The second-order valence-corrected chi connectivity index (χ2v) is 6.70. The molecule has 0 atom stereocenters. The summed E-state index contributed by atoms with van der Waals surface area (Å²) in [7, 11) is -2.91. The van der Waals surface area contributed by atoms with Crippen molar-refractivity contribution >= 4 is 21.4 Å². The molecule has 17 heavy (non-hydrogen) atoms. The Morgan fingerprint density at radius 1 is 1.35 bits per heavy atom. The summed E-state index contributed by atoms with van der Waals surface area (Å²) in [5, 5.41) is 0.559. The molecule has 0 aromatic heterocycles. The Balaban J connectivity index is 2.47. The van der Waals surface area contributed by atoms with Crippen molar-refractivity contribution in [1.82, 2.24) is 0 Å². The van der Waals surface area contributed by atoms with Crippen LogP contribution in [0.4, 0.5) is 0 Å². The molecular weight excluding hydrogens is 260 g/mol. The molecule has 0 saturated carbocycles. The van der Waals surface area contributed by atoms with E-state index >= 15 is 0 Å². The van der Waals surface area contributed by atoms with Gasteiger partial charge >= 0.3 is 0 Å². The van der Waals surface area contributed by atoms with Crippen LogP contribution in [0.3, 0.4) is 0 Å². The maximum Gasteiger partial charge on any atom is 0.150 e. The van der Waals surface area contributed by atoms with E-state index in [9.17, 15) is 8.42 Å². The minimum absolute atomic E-state index is 0.160. The SMILES string of the molecule is CCS(=O)(=O)CCCOc1c(C)cccc1Cl. The van der Waals surface area contributed by atoms with Gasteiger partial charge in [0.15, 0.2) is 0 Å². The molecule has 0 heterocycles. The smallest absolute Gasteiger partial charge is 0.150 e. The van der Waals surface area contributed by atoms with E-state index in [-0.39, 0.29) is 11.5 Å². The van der Waals surface area contributed by atoms with E-state index in [1.54, 1.807) is 13.0 Å². The van der Waals surface area contributed by atoms with Crippen molar-refractivity contribution < 1.29 is 13.2 Å². The molecule has 0 aliphatic carbocycles. The van der Waals surface area contributed by atoms with Crippen LogP contribution >= 0.6 is 11.6 Å². The van der Waals surface area contributed by atoms with E-state index in [0.29, 0.717) is 23.8 Å². The van der Waals surface area contributed by atoms with Crippen molar-refractivity contribution in [3.05, 3.63) is 28.8 Å². The molecule has 5 heteroatoms. The van der Waals surface area contributed by atoms with Crippen molar-refractivity contribution in [3.63, 3.8) is 0 Å². The second-order valence-electron chi connectivity index (χ2n) is 3.82. The molecule has 0 radical (unpaired) electrons. The Labute approximate surface area is 108 Å². The molecule has 96 valence electrons. The summed E-state index contributed by atoms with van der Waals surface area (Å²) in [6.45, 7) is 3.92. The van der Waals surface area contributed by atoms with Gasteiger partial charge in [0.25, 0.3) is 0 Å². The molecule has 1 aromatic carbocycles. The molecular formula is C12H17ClO3S. The molecule has 0 aliphatic rings. The van der Waals surface area contributed by atoms with Gasteiger partial charge in [-0.2, -0.15) is 0 Å². The first-order valence-corrected chi connectivity index (χ1v) is 7.74. The summed E-state index contributed by atoms with van der Waals surface area (Å²) in [6, 6.07) is 5.52. The van der Waals surface area contributed by atoms with Crippen LogP contribution in [-0.2, 0) is 9.84 Å². The maximum atomic E-state index is 11.3. The minimum Gasteiger partial charge on any atom is -0.492 e. The first-order chi connectivity index (χ1) is 7.96. The molecule has 3 nitrogen and oxygen atoms in total. The summed E-state index contributed by atoms with van der Waals surface area (Å²) < 4.78 is 28.0. The highest BCUT2D eigenvalue weighted by molar-refractivity contribution is 7.91. The van der Waals surface area contributed by atoms with Crippen LogP contribution in [0.1, 0.15) is 18.9 Å². The van der Waals surface area contributed by atoms with Crippen LogP contribution in [0, 0.1) is 6.92 Å². The molecule has 1 aromatic rings. The summed E-state index contributed by atoms with van der Waals surface area (Å²) in [6.07, 6.45) is 0.487. The topological polar surface area (TPSA) is 43.4 Å². The lowest BCUT2D eigenvalue weighted by Crippen LogP contribution is -2.12. The van der Waals surface area contributed by atoms with E-state index in [1.165, 1.54) is 0 Å². The van der Waals surface area contributed by atoms with Gasteiger partial charge in [-0.25, -0.2) is 8.42 Å². The van der Waals surface area contributed by atoms with Gasteiger partial charge in [-0.1, -0.05) is 30.7 Å². The van der Waals surface area contributed by atoms with Gasteiger partial charge in [-0.05, 0) is 25.0 Å². The third-order valence-electron chi connectivity index (χ3n) is 2.45. The molecule has 0 unspecified atom stereocenters. The van der Waals surface area contributed by atoms with Gasteiger partial charge in [-0.3, -0.25) is 0 Å². The fourth-order valence-electron chi connectivity index (χ4n) is 1.40. The van der Waals surface area contributed by atoms with Gasteiger partial charge in [-0.15, -0.1) is 0 Å². The van der Waals surface area contributed by atoms with E-state index in [0.717, 1.165) is 5.56 Å². The van der Waals surface area contributed by atoms with Crippen molar-refractivity contribution in [1.29, 1.82) is 0 Å². The Morgan fingerprint density at radius 2 is 2.06 bits per heavy atom. The lowest BCUT2D eigenvalue weighted by Gasteiger charge is -2.10. The zero-order valence-electron chi connectivity index (χ0n) is 10.1. The van der Waals surface area contributed by atoms with Crippen LogP contribution in [0.25, 0.3) is 0 Å². The molecule has 0 saturated heterocycles. The maximum absolute atomic E-state index is 11.3. The highest BCUT2D eigenvalue weighted by Gasteiger charge is 2.08. The van der Waals surface area contributed by atoms with E-state index in [2.05, 4.69) is 0 Å². The molecule has 0 N–H and O–H groups in total. The number of benzene rings is 1. The van der Waals surface area contributed by atoms with Gasteiger partial charge in [0, 0.05) is 5.75 Å². The first-order valence-electron chi connectivity index (χ1n) is 5.54. The van der Waals surface area contributed by atoms with Crippen molar-refractivity contribution in [3.8, 4) is 5.75 Å². The van der Waals surface area contributed by atoms with Crippen molar-refractivity contribution in [2.45, 2.75) is 20.3 Å². The predicted molar refractivity (Wildman–Crippen MR) is 70.6 cm³/mol. The average Bonchev–Trinajstić information content (AvgIpc) is 2.27. The Hall–Kier alpha value is -0.740. The van der Waals surface area contributed by atoms with Crippen LogP contribution < -0.4 is 4.74 Å². The number of rotatable bonds is 6. The third kappa shape index (κ3) is 4.56. The van der Waals surface area contributed by atoms with Gasteiger partial charge in [0.05, 0.1) is 17.4 Å². The monoisotopic (exact) mass is 276 g/mol. The van der Waals surface area contributed by atoms with Gasteiger partial charge < -0.3 is 4.74 Å². The van der Waals surface area contributed by atoms with Crippen LogP contribution in [-0.4, -0.2) is 26.5 Å². The lowest BCUT2D eigenvalue weighted by atomic mass is 10.2. The third-order valence-corrected chi connectivity index (χ3v) is 4.54. The standard InChI is InChI=1S/C12H17ClO3S/c1-3-17(14,15)9-5-8-16-12-10(2)6-4-7-11(12)13/h4,6-7H,3,5,8-9H2,1-2H3. The highest BCUT2D eigenvalue weighted by Crippen LogP contribution is 2.27. The molecule has 0 spiro atoms. The normalized spacial score (nSPS) is 11.5. The molecule has 1 rings (SSSR count). The highest BCUT2D eigenvalue weighted by atomic mass is 35.5. The first kappa shape index (κ1) is 14.3. The zero-order chi connectivity index (χ0) is 12.9. The molecule has 0 amide bonds. The number of aryl methyl sites for hydroxylation is 1. The van der Waals surface area contributed by atoms with Crippen molar-refractivity contribution in [2.24, 2.45) is 0 Å². The predicted octanol–water partition coefficient (Wildman–Crippen LogP) is 2.85. The average molecular weight is 277 g/mol. The fraction of sp³-hybridized carbons (Fsp3) is 0.500. The molecule has 0 aliphatic heterocycles. The Bertz CT molecular complexity index is 448. The van der Waals surface area contributed by atoms with Crippen molar-refractivity contribution in [2.75, 3.05) is 18.1 Å². The van der Waals surface area contributed by atoms with Gasteiger partial charge in [0.1, 0.15) is 15.6 Å². The number of ether oxygens (including phenoxy) is 1. The summed E-state index contributed by atoms with van der Waals surface area (Å²) in [5.74, 6) is 0.980. The minimum atomic E-state index is -2.91. The summed E-state index contributed by atoms with van der Waals surface area (Å²) in [4.78, 5) is 0. The number of hydrogen-bond acceptors (Lipinski definition) is 3. The van der Waals surface area contributed by atoms with E-state index in [1.807, 2.05) is 19.1 Å². The largest absolute Gasteiger partial charge is 0.492 e. The Kier molecular flexibility index (Phi) is 5.28. The molecule has 0 bridgehead atoms. The summed E-state index contributed by atoms with van der Waals surface area (Å²) >= 11 is 5.98. The number of hydrogen-bond donors (Lipinski definition) is 0. The molecule has 0 fully saturated rings. The number of halogens is 1. The lowest BCUT2D eigenvalue weighted by molar-refractivity contribution is 0.316. The fourth-order valence-corrected chi connectivity index (χ4v) is 2.52. The van der Waals surface area contributed by atoms with Crippen LogP contribution in [0.2, 0.25) is 5.02 Å². The zero-order valence-corrected chi connectivity index (χ0v) is 11.6. The summed E-state index contributed by atoms with van der Waals surface area (Å²) in [5.41, 5.74) is 0.954. The van der Waals surface area contributed by atoms with Gasteiger partial charge in [0.2, 0.25) is 0 Å². The quantitative estimate of drug-likeness (QED) is 0.751. The Morgan fingerprint density at radius 3 is 2.65 bits per heavy atom. The van der Waals surface area contributed by atoms with E-state index in [4.69, 9.17) is 16.3 Å². The van der Waals surface area contributed by atoms with Crippen LogP contribution in [0.5, 0.6) is 5.75 Å². The van der Waals surface area contributed by atoms with Crippen LogP contribution in [0.15, 0.2) is 18.2 Å². The second kappa shape index (κ2) is 6.26.